The summed E-state index contributed by atoms with van der Waals surface area (Å²) in [4.78, 5) is 13.5. The van der Waals surface area contributed by atoms with Crippen LogP contribution in [0.2, 0.25) is 0 Å². The van der Waals surface area contributed by atoms with Crippen LogP contribution in [-0.2, 0) is 9.53 Å². The minimum atomic E-state index is -0.208. The Morgan fingerprint density at radius 2 is 2.27 bits per heavy atom. The van der Waals surface area contributed by atoms with Gasteiger partial charge in [-0.3, -0.25) is 4.79 Å². The number of carbonyl (C=O) groups excluding carboxylic acids is 1. The Kier molecular flexibility index (Phi) is 5.05. The lowest BCUT2D eigenvalue weighted by atomic mass is 9.85. The van der Waals surface area contributed by atoms with Crippen molar-refractivity contribution < 1.29 is 9.53 Å². The summed E-state index contributed by atoms with van der Waals surface area (Å²) in [5.41, 5.74) is 0. The van der Waals surface area contributed by atoms with Crippen LogP contribution in [-0.4, -0.2) is 51.2 Å². The Morgan fingerprint density at radius 1 is 1.60 bits per heavy atom. The van der Waals surface area contributed by atoms with Crippen molar-refractivity contribution in [1.29, 1.82) is 0 Å². The second-order valence-electron chi connectivity index (χ2n) is 4.38. The van der Waals surface area contributed by atoms with Gasteiger partial charge in [0.15, 0.2) is 0 Å². The zero-order chi connectivity index (χ0) is 11.3. The number of methoxy groups -OCH3 is 1. The molecule has 0 aromatic heterocycles. The fourth-order valence-corrected chi connectivity index (χ4v) is 1.93. The van der Waals surface area contributed by atoms with Crippen molar-refractivity contribution in [3.63, 3.8) is 0 Å². The van der Waals surface area contributed by atoms with Gasteiger partial charge in [-0.15, -0.1) is 0 Å². The van der Waals surface area contributed by atoms with Gasteiger partial charge in [-0.2, -0.15) is 0 Å². The molecule has 1 aliphatic rings. The fourth-order valence-electron chi connectivity index (χ4n) is 1.93. The van der Waals surface area contributed by atoms with Gasteiger partial charge in [0.2, 0.25) is 0 Å². The molecule has 15 heavy (non-hydrogen) atoms. The summed E-state index contributed by atoms with van der Waals surface area (Å²) in [6, 6.07) is -0.208. The summed E-state index contributed by atoms with van der Waals surface area (Å²) >= 11 is 0. The van der Waals surface area contributed by atoms with Crippen LogP contribution in [0.4, 0.5) is 0 Å². The summed E-state index contributed by atoms with van der Waals surface area (Å²) in [7, 11) is 5.28. The van der Waals surface area contributed by atoms with Crippen molar-refractivity contribution in [2.24, 2.45) is 5.92 Å². The Bertz CT molecular complexity index is 205. The summed E-state index contributed by atoms with van der Waals surface area (Å²) in [6.45, 7) is 1.81. The number of ether oxygens (including phenoxy) is 1. The summed E-state index contributed by atoms with van der Waals surface area (Å²) in [5.74, 6) is 0.656. The van der Waals surface area contributed by atoms with Crippen LogP contribution in [0.25, 0.3) is 0 Å². The van der Waals surface area contributed by atoms with Crippen molar-refractivity contribution in [2.75, 3.05) is 34.3 Å². The largest absolute Gasteiger partial charge is 0.468 e. The molecule has 1 rings (SSSR count). The minimum Gasteiger partial charge on any atom is -0.468 e. The predicted molar refractivity (Wildman–Crippen MR) is 59.7 cm³/mol. The van der Waals surface area contributed by atoms with Crippen LogP contribution in [0.3, 0.4) is 0 Å². The van der Waals surface area contributed by atoms with E-state index in [1.807, 2.05) is 0 Å². The molecule has 1 saturated carbocycles. The smallest absolute Gasteiger partial charge is 0.324 e. The van der Waals surface area contributed by atoms with Gasteiger partial charge < -0.3 is 15.0 Å². The summed E-state index contributed by atoms with van der Waals surface area (Å²) in [5, 5.41) is 2.98. The Balaban J connectivity index is 2.26. The molecule has 88 valence electrons. The first kappa shape index (κ1) is 12.5. The van der Waals surface area contributed by atoms with Gasteiger partial charge in [0.25, 0.3) is 0 Å². The third-order valence-corrected chi connectivity index (χ3v) is 3.12. The topological polar surface area (TPSA) is 41.6 Å². The van der Waals surface area contributed by atoms with Gasteiger partial charge in [-0.1, -0.05) is 6.42 Å². The van der Waals surface area contributed by atoms with E-state index in [1.54, 1.807) is 7.05 Å². The average Bonchev–Trinajstić information content (AvgIpc) is 2.19. The maximum Gasteiger partial charge on any atom is 0.324 e. The van der Waals surface area contributed by atoms with Crippen molar-refractivity contribution in [3.05, 3.63) is 0 Å². The van der Waals surface area contributed by atoms with Crippen LogP contribution >= 0.6 is 0 Å². The molecule has 0 aromatic carbocycles. The zero-order valence-electron chi connectivity index (χ0n) is 9.95. The molecule has 1 unspecified atom stereocenters. The van der Waals surface area contributed by atoms with Gasteiger partial charge >= 0.3 is 5.97 Å². The summed E-state index contributed by atoms with van der Waals surface area (Å²) < 4.78 is 4.72. The molecule has 0 aromatic rings. The van der Waals surface area contributed by atoms with Gasteiger partial charge in [-0.05, 0) is 32.9 Å². The second kappa shape index (κ2) is 6.08. The minimum absolute atomic E-state index is 0.182. The third-order valence-electron chi connectivity index (χ3n) is 3.12. The van der Waals surface area contributed by atoms with E-state index in [9.17, 15) is 4.79 Å². The normalized spacial score (nSPS) is 18.7. The Labute approximate surface area is 92.0 Å². The number of nitrogens with one attached hydrogen (secondary N) is 1. The molecular weight excluding hydrogens is 192 g/mol. The number of hydrogen-bond donors (Lipinski definition) is 1. The molecule has 0 bridgehead atoms. The number of esters is 1. The van der Waals surface area contributed by atoms with E-state index in [-0.39, 0.29) is 12.0 Å². The second-order valence-corrected chi connectivity index (χ2v) is 4.38. The number of rotatable bonds is 6. The average molecular weight is 214 g/mol. The lowest BCUT2D eigenvalue weighted by Gasteiger charge is -2.31. The Morgan fingerprint density at radius 3 is 2.67 bits per heavy atom. The zero-order valence-corrected chi connectivity index (χ0v) is 9.95. The van der Waals surface area contributed by atoms with Gasteiger partial charge in [0, 0.05) is 13.1 Å². The SMILES string of the molecule is CNC(CN(C)CC1CCC1)C(=O)OC. The van der Waals surface area contributed by atoms with Gasteiger partial charge in [0.1, 0.15) is 6.04 Å². The molecule has 1 fully saturated rings. The number of nitrogens with zero attached hydrogens (tertiary/aromatic N) is 1. The standard InChI is InChI=1S/C11H22N2O2/c1-12-10(11(14)15-3)8-13(2)7-9-5-4-6-9/h9-10,12H,4-8H2,1-3H3. The van der Waals surface area contributed by atoms with E-state index in [4.69, 9.17) is 4.74 Å². The molecule has 1 atom stereocenters. The van der Waals surface area contributed by atoms with E-state index in [2.05, 4.69) is 17.3 Å². The van der Waals surface area contributed by atoms with E-state index in [1.165, 1.54) is 26.4 Å². The molecule has 0 saturated heterocycles. The van der Waals surface area contributed by atoms with E-state index in [0.29, 0.717) is 0 Å². The summed E-state index contributed by atoms with van der Waals surface area (Å²) in [6.07, 6.45) is 4.05. The van der Waals surface area contributed by atoms with E-state index < -0.39 is 0 Å². The number of carbonyl (C=O) groups is 1. The first-order chi connectivity index (χ1) is 7.17. The molecule has 1 aliphatic carbocycles. The molecule has 0 radical (unpaired) electrons. The lowest BCUT2D eigenvalue weighted by Crippen LogP contribution is -2.45. The van der Waals surface area contributed by atoms with Crippen LogP contribution in [0, 0.1) is 5.92 Å². The highest BCUT2D eigenvalue weighted by Crippen LogP contribution is 2.26. The Hall–Kier alpha value is -0.610. The maximum absolute atomic E-state index is 11.3. The van der Waals surface area contributed by atoms with E-state index in [0.717, 1.165) is 19.0 Å². The maximum atomic E-state index is 11.3. The van der Waals surface area contributed by atoms with Crippen LogP contribution in [0.5, 0.6) is 0 Å². The quantitative estimate of drug-likeness (QED) is 0.653. The molecular formula is C11H22N2O2. The first-order valence-electron chi connectivity index (χ1n) is 5.61. The molecule has 0 spiro atoms. The van der Waals surface area contributed by atoms with Crippen molar-refractivity contribution in [1.82, 2.24) is 10.2 Å². The molecule has 0 heterocycles. The molecule has 0 aliphatic heterocycles. The van der Waals surface area contributed by atoms with Crippen LogP contribution in [0.1, 0.15) is 19.3 Å². The molecule has 0 amide bonds. The highest BCUT2D eigenvalue weighted by Gasteiger charge is 2.23. The highest BCUT2D eigenvalue weighted by molar-refractivity contribution is 5.75. The molecule has 4 heteroatoms. The number of hydrogen-bond acceptors (Lipinski definition) is 4. The van der Waals surface area contributed by atoms with E-state index >= 15 is 0 Å². The highest BCUT2D eigenvalue weighted by atomic mass is 16.5. The first-order valence-corrected chi connectivity index (χ1v) is 5.61. The monoisotopic (exact) mass is 214 g/mol. The van der Waals surface area contributed by atoms with Gasteiger partial charge in [-0.25, -0.2) is 0 Å². The van der Waals surface area contributed by atoms with Crippen molar-refractivity contribution in [3.8, 4) is 0 Å². The molecule has 1 N–H and O–H groups in total. The molecule has 4 nitrogen and oxygen atoms in total. The predicted octanol–water partition coefficient (Wildman–Crippen LogP) is 0.479. The third kappa shape index (κ3) is 3.80. The lowest BCUT2D eigenvalue weighted by molar-refractivity contribution is -0.143. The number of likely N-dealkylation sites (N-methyl/N-ethyl adjacent to an activating group) is 2. The van der Waals surface area contributed by atoms with Crippen molar-refractivity contribution >= 4 is 5.97 Å². The van der Waals surface area contributed by atoms with Crippen LogP contribution in [0.15, 0.2) is 0 Å². The van der Waals surface area contributed by atoms with Crippen LogP contribution < -0.4 is 5.32 Å². The van der Waals surface area contributed by atoms with Crippen molar-refractivity contribution in [2.45, 2.75) is 25.3 Å². The fraction of sp³-hybridized carbons (Fsp3) is 0.909. The van der Waals surface area contributed by atoms with Gasteiger partial charge in [0.05, 0.1) is 7.11 Å².